The number of benzene rings is 2. The zero-order chi connectivity index (χ0) is 17.8. The number of nitrogens with one attached hydrogen (secondary N) is 1. The maximum atomic E-state index is 12.8. The summed E-state index contributed by atoms with van der Waals surface area (Å²) in [5, 5.41) is 3.87. The molecule has 0 saturated carbocycles. The number of carbonyl (C=O) groups excluding carboxylic acids is 1. The van der Waals surface area contributed by atoms with Gasteiger partial charge < -0.3 is 19.2 Å². The molecule has 3 aromatic rings. The molecule has 0 fully saturated rings. The van der Waals surface area contributed by atoms with Gasteiger partial charge in [0.15, 0.2) is 5.76 Å². The summed E-state index contributed by atoms with van der Waals surface area (Å²) in [7, 11) is 3.21. The van der Waals surface area contributed by atoms with Crippen LogP contribution < -0.4 is 10.1 Å². The molecule has 0 radical (unpaired) electrons. The first kappa shape index (κ1) is 17.0. The van der Waals surface area contributed by atoms with E-state index in [0.29, 0.717) is 12.2 Å². The van der Waals surface area contributed by atoms with E-state index in [9.17, 15) is 4.79 Å². The van der Waals surface area contributed by atoms with Gasteiger partial charge in [0, 0.05) is 23.6 Å². The third kappa shape index (κ3) is 3.37. The predicted octanol–water partition coefficient (Wildman–Crippen LogP) is 4.08. The highest BCUT2D eigenvalue weighted by Gasteiger charge is 2.22. The van der Waals surface area contributed by atoms with E-state index in [1.165, 1.54) is 0 Å². The molecule has 5 nitrogen and oxygen atoms in total. The number of ether oxygens (including phenoxy) is 2. The van der Waals surface area contributed by atoms with Crippen molar-refractivity contribution in [2.75, 3.05) is 14.2 Å². The Bertz CT molecular complexity index is 884. The molecule has 0 spiro atoms. The van der Waals surface area contributed by atoms with Gasteiger partial charge in [0.1, 0.15) is 11.3 Å². The van der Waals surface area contributed by atoms with Gasteiger partial charge in [-0.1, -0.05) is 36.4 Å². The molecule has 130 valence electrons. The highest BCUT2D eigenvalue weighted by Crippen LogP contribution is 2.28. The topological polar surface area (TPSA) is 60.7 Å². The normalized spacial score (nSPS) is 12.1. The average Bonchev–Trinajstić information content (AvgIpc) is 3.01. The van der Waals surface area contributed by atoms with Crippen molar-refractivity contribution in [3.8, 4) is 5.75 Å². The number of methoxy groups -OCH3 is 2. The molecule has 0 bridgehead atoms. The van der Waals surface area contributed by atoms with Crippen molar-refractivity contribution in [2.24, 2.45) is 0 Å². The van der Waals surface area contributed by atoms with E-state index in [0.717, 1.165) is 22.3 Å². The minimum Gasteiger partial charge on any atom is -0.496 e. The van der Waals surface area contributed by atoms with Crippen LogP contribution in [0, 0.1) is 0 Å². The van der Waals surface area contributed by atoms with Crippen LogP contribution in [-0.4, -0.2) is 20.1 Å². The first-order chi connectivity index (χ1) is 12.2. The maximum absolute atomic E-state index is 12.8. The number of amides is 1. The van der Waals surface area contributed by atoms with Crippen LogP contribution in [0.1, 0.15) is 34.6 Å². The number of furan rings is 1. The quantitative estimate of drug-likeness (QED) is 0.735. The minimum absolute atomic E-state index is 0.229. The summed E-state index contributed by atoms with van der Waals surface area (Å²) in [4.78, 5) is 12.8. The Labute approximate surface area is 146 Å². The second kappa shape index (κ2) is 7.40. The first-order valence-electron chi connectivity index (χ1n) is 8.08. The van der Waals surface area contributed by atoms with Gasteiger partial charge >= 0.3 is 0 Å². The van der Waals surface area contributed by atoms with E-state index in [2.05, 4.69) is 5.32 Å². The first-order valence-corrected chi connectivity index (χ1v) is 8.08. The molecule has 1 aromatic heterocycles. The van der Waals surface area contributed by atoms with E-state index >= 15 is 0 Å². The van der Waals surface area contributed by atoms with E-state index in [1.807, 2.05) is 55.5 Å². The second-order valence-electron chi connectivity index (χ2n) is 5.78. The highest BCUT2D eigenvalue weighted by atomic mass is 16.5. The Morgan fingerprint density at radius 1 is 1.12 bits per heavy atom. The largest absolute Gasteiger partial charge is 0.496 e. The van der Waals surface area contributed by atoms with Gasteiger partial charge in [0.25, 0.3) is 5.91 Å². The fourth-order valence-electron chi connectivity index (χ4n) is 2.93. The Balaban J connectivity index is 1.90. The summed E-state index contributed by atoms with van der Waals surface area (Å²) in [6.07, 6.45) is 0. The van der Waals surface area contributed by atoms with Crippen LogP contribution in [0.25, 0.3) is 11.0 Å². The van der Waals surface area contributed by atoms with Crippen LogP contribution in [0.5, 0.6) is 5.75 Å². The lowest BCUT2D eigenvalue weighted by Gasteiger charge is -2.17. The molecular weight excluding hydrogens is 318 g/mol. The molecule has 1 atom stereocenters. The lowest BCUT2D eigenvalue weighted by molar-refractivity contribution is 0.0907. The lowest BCUT2D eigenvalue weighted by Crippen LogP contribution is -2.27. The van der Waals surface area contributed by atoms with Crippen molar-refractivity contribution in [3.05, 3.63) is 65.4 Å². The summed E-state index contributed by atoms with van der Waals surface area (Å²) in [5.41, 5.74) is 2.33. The van der Waals surface area contributed by atoms with Crippen LogP contribution in [-0.2, 0) is 11.3 Å². The van der Waals surface area contributed by atoms with Crippen molar-refractivity contribution in [1.82, 2.24) is 5.32 Å². The summed E-state index contributed by atoms with van der Waals surface area (Å²) in [6, 6.07) is 14.9. The molecule has 1 N–H and O–H groups in total. The number of carbonyl (C=O) groups is 1. The van der Waals surface area contributed by atoms with Gasteiger partial charge in [0.2, 0.25) is 0 Å². The van der Waals surface area contributed by atoms with E-state index < -0.39 is 0 Å². The Kier molecular flexibility index (Phi) is 5.05. The number of hydrogen-bond donors (Lipinski definition) is 1. The second-order valence-corrected chi connectivity index (χ2v) is 5.78. The standard InChI is InChI=1S/C20H21NO4/c1-13(14-8-4-6-10-17(14)24-3)21-20(22)19-16(12-23-2)15-9-5-7-11-18(15)25-19/h4-11,13H,12H2,1-3H3,(H,21,22). The van der Waals surface area contributed by atoms with Crippen molar-refractivity contribution < 1.29 is 18.7 Å². The third-order valence-electron chi connectivity index (χ3n) is 4.15. The third-order valence-corrected chi connectivity index (χ3v) is 4.15. The zero-order valence-corrected chi connectivity index (χ0v) is 14.5. The fraction of sp³-hybridized carbons (Fsp3) is 0.250. The molecule has 1 unspecified atom stereocenters. The highest BCUT2D eigenvalue weighted by molar-refractivity contribution is 5.99. The summed E-state index contributed by atoms with van der Waals surface area (Å²) in [6.45, 7) is 2.22. The van der Waals surface area contributed by atoms with E-state index in [4.69, 9.17) is 13.9 Å². The van der Waals surface area contributed by atoms with Crippen molar-refractivity contribution in [2.45, 2.75) is 19.6 Å². The van der Waals surface area contributed by atoms with Gasteiger partial charge in [-0.05, 0) is 19.1 Å². The lowest BCUT2D eigenvalue weighted by atomic mass is 10.1. The molecule has 25 heavy (non-hydrogen) atoms. The van der Waals surface area contributed by atoms with Gasteiger partial charge in [-0.3, -0.25) is 4.79 Å². The molecule has 5 heteroatoms. The minimum atomic E-state index is -0.276. The van der Waals surface area contributed by atoms with Gasteiger partial charge in [-0.25, -0.2) is 0 Å². The summed E-state index contributed by atoms with van der Waals surface area (Å²) >= 11 is 0. The molecule has 2 aromatic carbocycles. The van der Waals surface area contributed by atoms with Crippen LogP contribution in [0.2, 0.25) is 0 Å². The number of para-hydroxylation sites is 2. The van der Waals surface area contributed by atoms with Gasteiger partial charge in [-0.15, -0.1) is 0 Å². The van der Waals surface area contributed by atoms with Crippen molar-refractivity contribution in [3.63, 3.8) is 0 Å². The maximum Gasteiger partial charge on any atom is 0.287 e. The predicted molar refractivity (Wildman–Crippen MR) is 95.8 cm³/mol. The van der Waals surface area contributed by atoms with Crippen molar-refractivity contribution in [1.29, 1.82) is 0 Å². The van der Waals surface area contributed by atoms with Crippen LogP contribution in [0.4, 0.5) is 0 Å². The number of fused-ring (bicyclic) bond motifs is 1. The number of rotatable bonds is 6. The molecule has 0 aliphatic rings. The van der Waals surface area contributed by atoms with E-state index in [1.54, 1.807) is 14.2 Å². The molecule has 0 aliphatic heterocycles. The van der Waals surface area contributed by atoms with Crippen LogP contribution >= 0.6 is 0 Å². The number of hydrogen-bond acceptors (Lipinski definition) is 4. The van der Waals surface area contributed by atoms with Crippen LogP contribution in [0.3, 0.4) is 0 Å². The van der Waals surface area contributed by atoms with Crippen molar-refractivity contribution >= 4 is 16.9 Å². The molecule has 0 saturated heterocycles. The summed E-state index contributed by atoms with van der Waals surface area (Å²) < 4.78 is 16.4. The Hall–Kier alpha value is -2.79. The average molecular weight is 339 g/mol. The van der Waals surface area contributed by atoms with Crippen LogP contribution in [0.15, 0.2) is 52.9 Å². The van der Waals surface area contributed by atoms with Gasteiger partial charge in [-0.2, -0.15) is 0 Å². The van der Waals surface area contributed by atoms with E-state index in [-0.39, 0.29) is 17.7 Å². The van der Waals surface area contributed by atoms with Gasteiger partial charge in [0.05, 0.1) is 19.8 Å². The Morgan fingerprint density at radius 2 is 1.84 bits per heavy atom. The molecule has 0 aliphatic carbocycles. The zero-order valence-electron chi connectivity index (χ0n) is 14.5. The monoisotopic (exact) mass is 339 g/mol. The fourth-order valence-corrected chi connectivity index (χ4v) is 2.93. The smallest absolute Gasteiger partial charge is 0.287 e. The Morgan fingerprint density at radius 3 is 2.60 bits per heavy atom. The molecule has 1 heterocycles. The molecule has 1 amide bonds. The molecule has 3 rings (SSSR count). The summed E-state index contributed by atoms with van der Waals surface area (Å²) in [5.74, 6) is 0.739. The SMILES string of the molecule is COCc1c(C(=O)NC(C)c2ccccc2OC)oc2ccccc12. The molecular formula is C20H21NO4.